The Kier molecular flexibility index (Phi) is 7.40. The normalized spacial score (nSPS) is 11.7. The van der Waals surface area contributed by atoms with Crippen molar-refractivity contribution in [3.63, 3.8) is 0 Å². The van der Waals surface area contributed by atoms with Gasteiger partial charge < -0.3 is 8.98 Å². The number of para-hydroxylation sites is 3. The maximum absolute atomic E-state index is 6.64. The lowest BCUT2D eigenvalue weighted by Gasteiger charge is -2.08. The van der Waals surface area contributed by atoms with Crippen molar-refractivity contribution < 1.29 is 4.42 Å². The molecular weight excluding hydrogens is 725 g/mol. The molecule has 4 aromatic heterocycles. The zero-order valence-electron chi connectivity index (χ0n) is 31.6. The maximum atomic E-state index is 6.64. The van der Waals surface area contributed by atoms with E-state index in [9.17, 15) is 0 Å². The highest BCUT2D eigenvalue weighted by Gasteiger charge is 2.20. The first kappa shape index (κ1) is 33.0. The molecule has 12 rings (SSSR count). The van der Waals surface area contributed by atoms with Crippen molar-refractivity contribution >= 4 is 54.7 Å². The van der Waals surface area contributed by atoms with Crippen molar-refractivity contribution in [1.29, 1.82) is 0 Å². The summed E-state index contributed by atoms with van der Waals surface area (Å²) in [6, 6.07) is 67.6. The van der Waals surface area contributed by atoms with Crippen molar-refractivity contribution in [2.45, 2.75) is 0 Å². The highest BCUT2D eigenvalue weighted by atomic mass is 16.4. The molecule has 0 aliphatic heterocycles. The second kappa shape index (κ2) is 13.2. The lowest BCUT2D eigenvalue weighted by atomic mass is 10.0. The molecule has 0 N–H and O–H groups in total. The number of hydrogen-bond acceptors (Lipinski definition) is 5. The molecule has 0 atom stereocenters. The zero-order chi connectivity index (χ0) is 38.9. The number of nitrogens with zero attached hydrogens (tertiary/aromatic N) is 6. The third-order valence-electron chi connectivity index (χ3n) is 11.2. The molecule has 7 heteroatoms. The van der Waals surface area contributed by atoms with E-state index in [1.807, 2.05) is 78.9 Å². The van der Waals surface area contributed by atoms with Crippen LogP contribution in [0.1, 0.15) is 0 Å². The van der Waals surface area contributed by atoms with Crippen LogP contribution >= 0.6 is 0 Å². The first-order valence-electron chi connectivity index (χ1n) is 19.6. The molecule has 0 saturated heterocycles. The van der Waals surface area contributed by atoms with Gasteiger partial charge in [0.2, 0.25) is 0 Å². The van der Waals surface area contributed by atoms with Gasteiger partial charge in [0.25, 0.3) is 0 Å². The van der Waals surface area contributed by atoms with Gasteiger partial charge in [0.1, 0.15) is 5.52 Å². The van der Waals surface area contributed by atoms with Crippen molar-refractivity contribution in [2.75, 3.05) is 0 Å². The molecule has 59 heavy (non-hydrogen) atoms. The number of aromatic nitrogens is 6. The van der Waals surface area contributed by atoms with Crippen LogP contribution < -0.4 is 0 Å². The summed E-state index contributed by atoms with van der Waals surface area (Å²) in [6.45, 7) is 0. The molecule has 7 nitrogen and oxygen atoms in total. The van der Waals surface area contributed by atoms with Crippen LogP contribution in [0.2, 0.25) is 0 Å². The molecule has 0 aliphatic carbocycles. The number of fused-ring (bicyclic) bond motifs is 7. The lowest BCUT2D eigenvalue weighted by Crippen LogP contribution is -2.00. The van der Waals surface area contributed by atoms with Gasteiger partial charge >= 0.3 is 6.01 Å². The van der Waals surface area contributed by atoms with E-state index in [1.165, 1.54) is 21.8 Å². The van der Waals surface area contributed by atoms with Crippen LogP contribution in [0.15, 0.2) is 199 Å². The standard InChI is InChI=1S/C52H32N6O/c1-4-14-33(15-5-1)49-54-50(34-16-6-2-7-17-34)56-51(55-49)37-24-27-43-48(32-37)59-52(53-43)58-45-23-13-11-21-40(45)42-31-36(26-29-47(42)58)35-25-28-46-41(30-35)39-20-10-12-22-44(39)57(46)38-18-8-3-9-19-38/h1-32H. The molecule has 0 amide bonds. The topological polar surface area (TPSA) is 74.6 Å². The van der Waals surface area contributed by atoms with Gasteiger partial charge in [-0.2, -0.15) is 4.98 Å². The minimum absolute atomic E-state index is 0.497. The van der Waals surface area contributed by atoms with Gasteiger partial charge in [-0.15, -0.1) is 0 Å². The van der Waals surface area contributed by atoms with E-state index in [0.717, 1.165) is 60.8 Å². The Morgan fingerprint density at radius 1 is 0.322 bits per heavy atom. The summed E-state index contributed by atoms with van der Waals surface area (Å²) in [5, 5.41) is 4.70. The van der Waals surface area contributed by atoms with Gasteiger partial charge in [-0.05, 0) is 77.9 Å². The minimum Gasteiger partial charge on any atom is -0.423 e. The molecule has 0 spiro atoms. The summed E-state index contributed by atoms with van der Waals surface area (Å²) in [4.78, 5) is 19.8. The Labute approximate surface area is 338 Å². The molecule has 276 valence electrons. The van der Waals surface area contributed by atoms with Gasteiger partial charge in [0.15, 0.2) is 23.1 Å². The van der Waals surface area contributed by atoms with Crippen LogP contribution in [0.25, 0.3) is 112 Å². The summed E-state index contributed by atoms with van der Waals surface area (Å²) in [7, 11) is 0. The minimum atomic E-state index is 0.497. The quantitative estimate of drug-likeness (QED) is 0.169. The summed E-state index contributed by atoms with van der Waals surface area (Å²) in [6.07, 6.45) is 0. The maximum Gasteiger partial charge on any atom is 0.307 e. The van der Waals surface area contributed by atoms with Crippen molar-refractivity contribution in [3.8, 4) is 57.0 Å². The van der Waals surface area contributed by atoms with E-state index in [-0.39, 0.29) is 0 Å². The van der Waals surface area contributed by atoms with Gasteiger partial charge in [-0.25, -0.2) is 15.0 Å². The fourth-order valence-corrected chi connectivity index (χ4v) is 8.45. The highest BCUT2D eigenvalue weighted by Crippen LogP contribution is 2.39. The molecule has 0 aliphatic rings. The summed E-state index contributed by atoms with van der Waals surface area (Å²) in [5.74, 6) is 1.78. The van der Waals surface area contributed by atoms with E-state index in [1.54, 1.807) is 0 Å². The Morgan fingerprint density at radius 2 is 0.780 bits per heavy atom. The molecule has 0 unspecified atom stereocenters. The van der Waals surface area contributed by atoms with Gasteiger partial charge in [0, 0.05) is 43.9 Å². The highest BCUT2D eigenvalue weighted by molar-refractivity contribution is 6.12. The molecule has 0 radical (unpaired) electrons. The van der Waals surface area contributed by atoms with Gasteiger partial charge in [-0.3, -0.25) is 4.57 Å². The Balaban J connectivity index is 0.967. The van der Waals surface area contributed by atoms with Crippen molar-refractivity contribution in [1.82, 2.24) is 29.1 Å². The Morgan fingerprint density at radius 3 is 1.37 bits per heavy atom. The van der Waals surface area contributed by atoms with Crippen LogP contribution in [-0.2, 0) is 0 Å². The first-order chi connectivity index (χ1) is 29.2. The third kappa shape index (κ3) is 5.44. The number of hydrogen-bond donors (Lipinski definition) is 0. The predicted molar refractivity (Wildman–Crippen MR) is 238 cm³/mol. The first-order valence-corrected chi connectivity index (χ1v) is 19.6. The van der Waals surface area contributed by atoms with E-state index in [2.05, 4.69) is 124 Å². The zero-order valence-corrected chi connectivity index (χ0v) is 31.6. The van der Waals surface area contributed by atoms with E-state index >= 15 is 0 Å². The molecule has 0 bridgehead atoms. The number of rotatable bonds is 6. The summed E-state index contributed by atoms with van der Waals surface area (Å²) < 4.78 is 11.1. The molecule has 0 saturated carbocycles. The predicted octanol–water partition coefficient (Wildman–Crippen LogP) is 12.9. The Bertz CT molecular complexity index is 3490. The SMILES string of the molecule is c1ccc(-c2nc(-c3ccccc3)nc(-c3ccc4nc(-n5c6ccccc6c6cc(-c7ccc8c(c7)c7ccccc7n8-c7ccccc7)ccc65)oc4c3)n2)cc1. The average Bonchev–Trinajstić information content (AvgIpc) is 3.99. The van der Waals surface area contributed by atoms with Crippen LogP contribution in [0.5, 0.6) is 0 Å². The van der Waals surface area contributed by atoms with E-state index in [4.69, 9.17) is 24.4 Å². The van der Waals surface area contributed by atoms with E-state index < -0.39 is 0 Å². The summed E-state index contributed by atoms with van der Waals surface area (Å²) >= 11 is 0. The largest absolute Gasteiger partial charge is 0.423 e. The third-order valence-corrected chi connectivity index (χ3v) is 11.2. The van der Waals surface area contributed by atoms with Crippen LogP contribution in [0.4, 0.5) is 0 Å². The smallest absolute Gasteiger partial charge is 0.307 e. The second-order valence-electron chi connectivity index (χ2n) is 14.7. The van der Waals surface area contributed by atoms with Crippen LogP contribution in [0, 0.1) is 0 Å². The van der Waals surface area contributed by atoms with Gasteiger partial charge in [0.05, 0.1) is 22.1 Å². The monoisotopic (exact) mass is 756 g/mol. The average molecular weight is 757 g/mol. The number of oxazole rings is 1. The van der Waals surface area contributed by atoms with Crippen molar-refractivity contribution in [2.24, 2.45) is 0 Å². The fraction of sp³-hybridized carbons (Fsp3) is 0. The molecular formula is C52H32N6O. The second-order valence-corrected chi connectivity index (χ2v) is 14.7. The van der Waals surface area contributed by atoms with Crippen molar-refractivity contribution in [3.05, 3.63) is 194 Å². The Hall–Kier alpha value is -8.16. The summed E-state index contributed by atoms with van der Waals surface area (Å²) in [5.41, 5.74) is 11.9. The lowest BCUT2D eigenvalue weighted by molar-refractivity contribution is 0.574. The van der Waals surface area contributed by atoms with Crippen LogP contribution in [-0.4, -0.2) is 29.1 Å². The molecule has 0 fully saturated rings. The van der Waals surface area contributed by atoms with Crippen LogP contribution in [0.3, 0.4) is 0 Å². The molecule has 12 aromatic rings. The fourth-order valence-electron chi connectivity index (χ4n) is 8.45. The van der Waals surface area contributed by atoms with E-state index in [0.29, 0.717) is 29.1 Å². The molecule has 8 aromatic carbocycles. The van der Waals surface area contributed by atoms with Gasteiger partial charge in [-0.1, -0.05) is 127 Å². The molecule has 4 heterocycles. The number of benzene rings is 8.